The van der Waals surface area contributed by atoms with Crippen molar-refractivity contribution in [1.29, 1.82) is 0 Å². The van der Waals surface area contributed by atoms with Crippen LogP contribution in [-0.4, -0.2) is 37.1 Å². The van der Waals surface area contributed by atoms with Crippen molar-refractivity contribution < 1.29 is 0 Å². The summed E-state index contributed by atoms with van der Waals surface area (Å²) in [5, 5.41) is 3.58. The lowest BCUT2D eigenvalue weighted by Crippen LogP contribution is -2.46. The Morgan fingerprint density at radius 3 is 2.42 bits per heavy atom. The van der Waals surface area contributed by atoms with E-state index in [2.05, 4.69) is 45.0 Å². The third-order valence-electron chi connectivity index (χ3n) is 4.87. The van der Waals surface area contributed by atoms with Gasteiger partial charge in [-0.05, 0) is 65.0 Å². The maximum atomic E-state index is 3.58. The summed E-state index contributed by atoms with van der Waals surface area (Å²) >= 11 is 0. The predicted molar refractivity (Wildman–Crippen MR) is 85.6 cm³/mol. The summed E-state index contributed by atoms with van der Waals surface area (Å²) in [6, 6.07) is 1.43. The van der Waals surface area contributed by atoms with Gasteiger partial charge in [-0.1, -0.05) is 26.7 Å². The minimum absolute atomic E-state index is 0.684. The first-order valence-corrected chi connectivity index (χ1v) is 8.53. The average Bonchev–Trinajstić information content (AvgIpc) is 2.39. The van der Waals surface area contributed by atoms with Crippen LogP contribution in [0.25, 0.3) is 0 Å². The molecule has 0 saturated heterocycles. The Morgan fingerprint density at radius 2 is 1.89 bits per heavy atom. The third kappa shape index (κ3) is 5.43. The minimum Gasteiger partial charge on any atom is -0.317 e. The minimum atomic E-state index is 0.684. The van der Waals surface area contributed by atoms with Crippen molar-refractivity contribution in [2.24, 2.45) is 11.8 Å². The number of nitrogens with one attached hydrogen (secondary N) is 1. The van der Waals surface area contributed by atoms with Crippen LogP contribution < -0.4 is 5.32 Å². The zero-order valence-electron chi connectivity index (χ0n) is 13.9. The van der Waals surface area contributed by atoms with Gasteiger partial charge in [-0.15, -0.1) is 0 Å². The average molecular weight is 268 g/mol. The third-order valence-corrected chi connectivity index (χ3v) is 4.87. The molecule has 1 saturated carbocycles. The van der Waals surface area contributed by atoms with Gasteiger partial charge in [0.1, 0.15) is 0 Å². The Morgan fingerprint density at radius 1 is 1.16 bits per heavy atom. The lowest BCUT2D eigenvalue weighted by atomic mass is 9.76. The highest BCUT2D eigenvalue weighted by Crippen LogP contribution is 2.33. The highest BCUT2D eigenvalue weighted by molar-refractivity contribution is 4.86. The fourth-order valence-corrected chi connectivity index (χ4v) is 3.76. The zero-order valence-corrected chi connectivity index (χ0v) is 13.9. The largest absolute Gasteiger partial charge is 0.317 e. The predicted octanol–water partition coefficient (Wildman–Crippen LogP) is 3.91. The van der Waals surface area contributed by atoms with Gasteiger partial charge in [-0.25, -0.2) is 0 Å². The topological polar surface area (TPSA) is 15.3 Å². The van der Waals surface area contributed by atoms with E-state index >= 15 is 0 Å². The summed E-state index contributed by atoms with van der Waals surface area (Å²) < 4.78 is 0. The molecule has 1 aliphatic carbocycles. The molecule has 1 fully saturated rings. The normalized spacial score (nSPS) is 28.3. The molecule has 2 nitrogen and oxygen atoms in total. The molecule has 0 amide bonds. The molecule has 0 aromatic rings. The van der Waals surface area contributed by atoms with Gasteiger partial charge in [0.15, 0.2) is 0 Å². The lowest BCUT2D eigenvalue weighted by Gasteiger charge is -2.40. The number of hydrogen-bond acceptors (Lipinski definition) is 2. The van der Waals surface area contributed by atoms with Crippen molar-refractivity contribution >= 4 is 0 Å². The fourth-order valence-electron chi connectivity index (χ4n) is 3.76. The zero-order chi connectivity index (χ0) is 14.3. The first kappa shape index (κ1) is 17.0. The van der Waals surface area contributed by atoms with Crippen molar-refractivity contribution in [3.05, 3.63) is 0 Å². The van der Waals surface area contributed by atoms with E-state index in [1.165, 1.54) is 51.6 Å². The second-order valence-corrected chi connectivity index (χ2v) is 6.71. The van der Waals surface area contributed by atoms with Crippen molar-refractivity contribution in [1.82, 2.24) is 10.2 Å². The van der Waals surface area contributed by atoms with Crippen LogP contribution in [0, 0.1) is 11.8 Å². The van der Waals surface area contributed by atoms with E-state index in [-0.39, 0.29) is 0 Å². The summed E-state index contributed by atoms with van der Waals surface area (Å²) in [5.41, 5.74) is 0. The van der Waals surface area contributed by atoms with E-state index in [9.17, 15) is 0 Å². The second kappa shape index (κ2) is 8.97. The smallest absolute Gasteiger partial charge is 0.0105 e. The van der Waals surface area contributed by atoms with Gasteiger partial charge >= 0.3 is 0 Å². The highest BCUT2D eigenvalue weighted by Gasteiger charge is 2.30. The van der Waals surface area contributed by atoms with E-state index in [0.29, 0.717) is 6.04 Å². The Labute approximate surface area is 121 Å². The molecular weight excluding hydrogens is 232 g/mol. The van der Waals surface area contributed by atoms with Gasteiger partial charge in [0.25, 0.3) is 0 Å². The first-order valence-electron chi connectivity index (χ1n) is 8.53. The molecular formula is C17H36N2. The summed E-state index contributed by atoms with van der Waals surface area (Å²) in [6.07, 6.45) is 8.31. The molecule has 0 bridgehead atoms. The fraction of sp³-hybridized carbons (Fsp3) is 1.00. The van der Waals surface area contributed by atoms with Crippen LogP contribution in [0.2, 0.25) is 0 Å². The van der Waals surface area contributed by atoms with Crippen LogP contribution in [0.1, 0.15) is 66.2 Å². The maximum absolute atomic E-state index is 3.58. The van der Waals surface area contributed by atoms with Crippen LogP contribution in [0.4, 0.5) is 0 Å². The van der Waals surface area contributed by atoms with Crippen LogP contribution in [0.3, 0.4) is 0 Å². The van der Waals surface area contributed by atoms with Crippen molar-refractivity contribution in [3.8, 4) is 0 Å². The van der Waals surface area contributed by atoms with Gasteiger partial charge in [0.2, 0.25) is 0 Å². The summed E-state index contributed by atoms with van der Waals surface area (Å²) in [4.78, 5) is 2.68. The molecule has 19 heavy (non-hydrogen) atoms. The van der Waals surface area contributed by atoms with Crippen molar-refractivity contribution in [3.63, 3.8) is 0 Å². The van der Waals surface area contributed by atoms with Gasteiger partial charge in [0, 0.05) is 18.6 Å². The Bertz CT molecular complexity index is 227. The molecule has 3 unspecified atom stereocenters. The molecule has 0 radical (unpaired) electrons. The summed E-state index contributed by atoms with van der Waals surface area (Å²) in [6.45, 7) is 11.9. The number of rotatable bonds is 8. The molecule has 114 valence electrons. The molecule has 2 heteroatoms. The molecule has 1 rings (SSSR count). The van der Waals surface area contributed by atoms with Crippen LogP contribution in [0.15, 0.2) is 0 Å². The van der Waals surface area contributed by atoms with Gasteiger partial charge < -0.3 is 10.2 Å². The van der Waals surface area contributed by atoms with E-state index in [4.69, 9.17) is 0 Å². The van der Waals surface area contributed by atoms with E-state index in [0.717, 1.165) is 17.9 Å². The van der Waals surface area contributed by atoms with Gasteiger partial charge in [0.05, 0.1) is 0 Å². The van der Waals surface area contributed by atoms with E-state index in [1.807, 2.05) is 0 Å². The molecule has 0 aromatic heterocycles. The Balaban J connectivity index is 2.58. The quantitative estimate of drug-likeness (QED) is 0.718. The molecule has 1 aliphatic rings. The first-order chi connectivity index (χ1) is 9.12. The van der Waals surface area contributed by atoms with Crippen LogP contribution in [0.5, 0.6) is 0 Å². The number of hydrogen-bond donors (Lipinski definition) is 1. The van der Waals surface area contributed by atoms with Crippen LogP contribution >= 0.6 is 0 Å². The Hall–Kier alpha value is -0.0800. The van der Waals surface area contributed by atoms with Gasteiger partial charge in [-0.2, -0.15) is 0 Å². The monoisotopic (exact) mass is 268 g/mol. The standard InChI is InChI=1S/C17H36N2/c1-6-8-15-9-10-17(18-5)16(12-15)13-19(11-7-2)14(3)4/h14-18H,6-13H2,1-5H3. The highest BCUT2D eigenvalue weighted by atomic mass is 15.1. The molecule has 0 aromatic carbocycles. The molecule has 0 spiro atoms. The van der Waals surface area contributed by atoms with Gasteiger partial charge in [-0.3, -0.25) is 0 Å². The van der Waals surface area contributed by atoms with Crippen LogP contribution in [-0.2, 0) is 0 Å². The Kier molecular flexibility index (Phi) is 8.01. The van der Waals surface area contributed by atoms with Crippen molar-refractivity contribution in [2.45, 2.75) is 78.3 Å². The second-order valence-electron chi connectivity index (χ2n) is 6.71. The van der Waals surface area contributed by atoms with Crippen molar-refractivity contribution in [2.75, 3.05) is 20.1 Å². The maximum Gasteiger partial charge on any atom is 0.0105 e. The molecule has 0 aliphatic heterocycles. The molecule has 0 heterocycles. The molecule has 1 N–H and O–H groups in total. The SMILES string of the molecule is CCCC1CCC(NC)C(CN(CCC)C(C)C)C1. The molecule has 3 atom stereocenters. The number of nitrogens with zero attached hydrogens (tertiary/aromatic N) is 1. The lowest BCUT2D eigenvalue weighted by molar-refractivity contribution is 0.120. The summed E-state index contributed by atoms with van der Waals surface area (Å²) in [7, 11) is 2.15. The van der Waals surface area contributed by atoms with E-state index in [1.54, 1.807) is 0 Å². The summed E-state index contributed by atoms with van der Waals surface area (Å²) in [5.74, 6) is 1.83. The van der Waals surface area contributed by atoms with E-state index < -0.39 is 0 Å².